The summed E-state index contributed by atoms with van der Waals surface area (Å²) in [5, 5.41) is 0. The molecule has 0 saturated heterocycles. The van der Waals surface area contributed by atoms with Gasteiger partial charge in [-0.25, -0.2) is 4.98 Å². The first-order chi connectivity index (χ1) is 10.6. The molecule has 3 rings (SSSR count). The maximum Gasteiger partial charge on any atom is 0.246 e. The molecular weight excluding hydrogens is 276 g/mol. The van der Waals surface area contributed by atoms with Crippen LogP contribution in [0.5, 0.6) is 0 Å². The molecule has 1 saturated carbocycles. The van der Waals surface area contributed by atoms with Gasteiger partial charge < -0.3 is 9.32 Å². The van der Waals surface area contributed by atoms with Gasteiger partial charge in [-0.1, -0.05) is 31.9 Å². The third-order valence-corrected chi connectivity index (χ3v) is 4.59. The number of para-hydroxylation sites is 2. The Morgan fingerprint density at radius 2 is 2.09 bits per heavy atom. The largest absolute Gasteiger partial charge is 0.437 e. The van der Waals surface area contributed by atoms with E-state index in [2.05, 4.69) is 11.9 Å². The van der Waals surface area contributed by atoms with Crippen molar-refractivity contribution >= 4 is 23.1 Å². The number of nitrogens with zero attached hydrogens (tertiary/aromatic N) is 2. The van der Waals surface area contributed by atoms with E-state index in [0.717, 1.165) is 17.5 Å². The van der Waals surface area contributed by atoms with E-state index in [1.54, 1.807) is 12.2 Å². The minimum absolute atomic E-state index is 0.0148. The summed E-state index contributed by atoms with van der Waals surface area (Å²) in [7, 11) is 1.89. The summed E-state index contributed by atoms with van der Waals surface area (Å²) in [6, 6.07) is 7.94. The SMILES string of the molecule is CC1CCCCC1N(C)C(=O)/C=C/c1nc2ccccc2o1. The van der Waals surface area contributed by atoms with Crippen LogP contribution in [-0.2, 0) is 4.79 Å². The van der Waals surface area contributed by atoms with E-state index in [0.29, 0.717) is 17.9 Å². The normalized spacial score (nSPS) is 22.3. The van der Waals surface area contributed by atoms with Gasteiger partial charge in [-0.2, -0.15) is 0 Å². The first-order valence-electron chi connectivity index (χ1n) is 7.95. The number of benzene rings is 1. The molecule has 0 spiro atoms. The first-order valence-corrected chi connectivity index (χ1v) is 7.95. The quantitative estimate of drug-likeness (QED) is 0.808. The van der Waals surface area contributed by atoms with Gasteiger partial charge in [0.1, 0.15) is 5.52 Å². The molecular formula is C18H22N2O2. The lowest BCUT2D eigenvalue weighted by Crippen LogP contribution is -2.41. The lowest BCUT2D eigenvalue weighted by molar-refractivity contribution is -0.128. The summed E-state index contributed by atoms with van der Waals surface area (Å²) >= 11 is 0. The molecule has 1 aromatic heterocycles. The van der Waals surface area contributed by atoms with Crippen LogP contribution in [0.1, 0.15) is 38.5 Å². The maximum absolute atomic E-state index is 12.3. The van der Waals surface area contributed by atoms with Crippen molar-refractivity contribution in [3.8, 4) is 0 Å². The summed E-state index contributed by atoms with van der Waals surface area (Å²) < 4.78 is 5.60. The standard InChI is InChI=1S/C18H22N2O2/c1-13-7-3-5-9-15(13)20(2)18(21)12-11-17-19-14-8-4-6-10-16(14)22-17/h4,6,8,10-13,15H,3,5,7,9H2,1-2H3/b12-11+. The molecule has 116 valence electrons. The third-order valence-electron chi connectivity index (χ3n) is 4.59. The van der Waals surface area contributed by atoms with E-state index in [-0.39, 0.29) is 5.91 Å². The molecule has 1 heterocycles. The van der Waals surface area contributed by atoms with Crippen LogP contribution in [0.3, 0.4) is 0 Å². The molecule has 1 aliphatic carbocycles. The lowest BCUT2D eigenvalue weighted by Gasteiger charge is -2.35. The van der Waals surface area contributed by atoms with Gasteiger partial charge in [-0.15, -0.1) is 0 Å². The first kappa shape index (κ1) is 14.8. The van der Waals surface area contributed by atoms with E-state index in [9.17, 15) is 4.79 Å². The molecule has 0 radical (unpaired) electrons. The monoisotopic (exact) mass is 298 g/mol. The van der Waals surface area contributed by atoms with Gasteiger partial charge in [0, 0.05) is 25.2 Å². The second kappa shape index (κ2) is 6.34. The summed E-state index contributed by atoms with van der Waals surface area (Å²) in [6.45, 7) is 2.23. The number of oxazole rings is 1. The van der Waals surface area contributed by atoms with Crippen LogP contribution < -0.4 is 0 Å². The van der Waals surface area contributed by atoms with Crippen molar-refractivity contribution in [2.45, 2.75) is 38.6 Å². The van der Waals surface area contributed by atoms with Crippen molar-refractivity contribution in [3.63, 3.8) is 0 Å². The average molecular weight is 298 g/mol. The van der Waals surface area contributed by atoms with Gasteiger partial charge in [-0.05, 0) is 30.9 Å². The van der Waals surface area contributed by atoms with Crippen molar-refractivity contribution in [3.05, 3.63) is 36.2 Å². The molecule has 4 heteroatoms. The molecule has 1 fully saturated rings. The highest BCUT2D eigenvalue weighted by Crippen LogP contribution is 2.27. The van der Waals surface area contributed by atoms with E-state index < -0.39 is 0 Å². The van der Waals surface area contributed by atoms with Crippen LogP contribution >= 0.6 is 0 Å². The van der Waals surface area contributed by atoms with Crippen LogP contribution in [0, 0.1) is 5.92 Å². The minimum Gasteiger partial charge on any atom is -0.437 e. The number of aromatic nitrogens is 1. The van der Waals surface area contributed by atoms with Crippen LogP contribution in [-0.4, -0.2) is 28.9 Å². The van der Waals surface area contributed by atoms with Crippen molar-refractivity contribution in [2.24, 2.45) is 5.92 Å². The smallest absolute Gasteiger partial charge is 0.246 e. The summed E-state index contributed by atoms with van der Waals surface area (Å²) in [5.41, 5.74) is 1.55. The fraction of sp³-hybridized carbons (Fsp3) is 0.444. The van der Waals surface area contributed by atoms with E-state index in [4.69, 9.17) is 4.42 Å². The Balaban J connectivity index is 1.69. The number of carbonyl (C=O) groups is 1. The lowest BCUT2D eigenvalue weighted by atomic mass is 9.85. The van der Waals surface area contributed by atoms with Gasteiger partial charge in [0.2, 0.25) is 11.8 Å². The minimum atomic E-state index is 0.0148. The molecule has 2 unspecified atom stereocenters. The predicted molar refractivity (Wildman–Crippen MR) is 87.2 cm³/mol. The molecule has 4 nitrogen and oxygen atoms in total. The zero-order valence-electron chi connectivity index (χ0n) is 13.2. The number of fused-ring (bicyclic) bond motifs is 1. The average Bonchev–Trinajstić information content (AvgIpc) is 2.95. The number of hydrogen-bond donors (Lipinski definition) is 0. The van der Waals surface area contributed by atoms with Gasteiger partial charge in [0.15, 0.2) is 5.58 Å². The Bertz CT molecular complexity index is 656. The number of likely N-dealkylation sites (N-methyl/N-ethyl adjacent to an activating group) is 1. The zero-order chi connectivity index (χ0) is 15.5. The highest BCUT2D eigenvalue weighted by Gasteiger charge is 2.26. The summed E-state index contributed by atoms with van der Waals surface area (Å²) in [5.74, 6) is 1.06. The van der Waals surface area contributed by atoms with Crippen LogP contribution in [0.15, 0.2) is 34.8 Å². The number of hydrogen-bond acceptors (Lipinski definition) is 3. The second-order valence-electron chi connectivity index (χ2n) is 6.13. The van der Waals surface area contributed by atoms with Crippen molar-refractivity contribution in [2.75, 3.05) is 7.05 Å². The highest BCUT2D eigenvalue weighted by atomic mass is 16.3. The fourth-order valence-electron chi connectivity index (χ4n) is 3.26. The number of rotatable bonds is 3. The van der Waals surface area contributed by atoms with Crippen molar-refractivity contribution < 1.29 is 9.21 Å². The molecule has 22 heavy (non-hydrogen) atoms. The van der Waals surface area contributed by atoms with Gasteiger partial charge >= 0.3 is 0 Å². The highest BCUT2D eigenvalue weighted by molar-refractivity contribution is 5.91. The second-order valence-corrected chi connectivity index (χ2v) is 6.13. The van der Waals surface area contributed by atoms with Gasteiger partial charge in [0.05, 0.1) is 0 Å². The van der Waals surface area contributed by atoms with E-state index >= 15 is 0 Å². The predicted octanol–water partition coefficient (Wildman–Crippen LogP) is 3.88. The maximum atomic E-state index is 12.3. The molecule has 0 N–H and O–H groups in total. The van der Waals surface area contributed by atoms with E-state index in [1.165, 1.54) is 19.3 Å². The van der Waals surface area contributed by atoms with Gasteiger partial charge in [0.25, 0.3) is 0 Å². The molecule has 2 atom stereocenters. The topological polar surface area (TPSA) is 46.3 Å². The van der Waals surface area contributed by atoms with Crippen LogP contribution in [0.2, 0.25) is 0 Å². The Hall–Kier alpha value is -2.10. The molecule has 1 aromatic carbocycles. The van der Waals surface area contributed by atoms with Crippen LogP contribution in [0.4, 0.5) is 0 Å². The van der Waals surface area contributed by atoms with Gasteiger partial charge in [-0.3, -0.25) is 4.79 Å². The molecule has 0 aliphatic heterocycles. The third kappa shape index (κ3) is 3.06. The van der Waals surface area contributed by atoms with Crippen molar-refractivity contribution in [1.29, 1.82) is 0 Å². The Morgan fingerprint density at radius 3 is 2.86 bits per heavy atom. The molecule has 1 aliphatic rings. The van der Waals surface area contributed by atoms with Crippen molar-refractivity contribution in [1.82, 2.24) is 9.88 Å². The van der Waals surface area contributed by atoms with E-state index in [1.807, 2.05) is 36.2 Å². The fourth-order valence-corrected chi connectivity index (χ4v) is 3.26. The summed E-state index contributed by atoms with van der Waals surface area (Å²) in [6.07, 6.45) is 8.01. The Kier molecular flexibility index (Phi) is 4.27. The Labute approximate surface area is 130 Å². The Morgan fingerprint density at radius 1 is 1.32 bits per heavy atom. The molecule has 0 bridgehead atoms. The van der Waals surface area contributed by atoms with Crippen LogP contribution in [0.25, 0.3) is 17.2 Å². The summed E-state index contributed by atoms with van der Waals surface area (Å²) in [4.78, 5) is 18.6. The number of carbonyl (C=O) groups excluding carboxylic acids is 1. The number of amides is 1. The zero-order valence-corrected chi connectivity index (χ0v) is 13.2. The molecule has 2 aromatic rings. The molecule has 1 amide bonds.